The van der Waals surface area contributed by atoms with E-state index < -0.39 is 0 Å². The molecule has 4 heterocycles. The molecule has 2 saturated heterocycles. The second-order valence-electron chi connectivity index (χ2n) is 11.2. The minimum absolute atomic E-state index is 0.110. The van der Waals surface area contributed by atoms with Gasteiger partial charge in [0.15, 0.2) is 5.16 Å². The van der Waals surface area contributed by atoms with Crippen molar-refractivity contribution >= 4 is 35.1 Å². The van der Waals surface area contributed by atoms with Gasteiger partial charge in [-0.2, -0.15) is 5.26 Å². The maximum absolute atomic E-state index is 12.9. The number of nitrogens with two attached hydrogens (primary N) is 1. The van der Waals surface area contributed by atoms with Gasteiger partial charge in [0.1, 0.15) is 17.5 Å². The molecule has 2 aliphatic heterocycles. The molecule has 1 aromatic carbocycles. The van der Waals surface area contributed by atoms with Crippen LogP contribution in [0.25, 0.3) is 11.3 Å². The van der Waals surface area contributed by atoms with Gasteiger partial charge in [0.05, 0.1) is 11.4 Å². The fraction of sp³-hybridized carbons (Fsp3) is 0.438. The number of hydrogen-bond acceptors (Lipinski definition) is 10. The van der Waals surface area contributed by atoms with Crippen molar-refractivity contribution in [2.24, 2.45) is 0 Å². The van der Waals surface area contributed by atoms with E-state index in [0.717, 1.165) is 50.7 Å². The van der Waals surface area contributed by atoms with Crippen LogP contribution in [0.15, 0.2) is 47.6 Å². The van der Waals surface area contributed by atoms with E-state index in [1.165, 1.54) is 44.6 Å². The Morgan fingerprint density at radius 2 is 1.61 bits per heavy atom. The number of carbonyl (C=O) groups is 2. The van der Waals surface area contributed by atoms with Crippen LogP contribution >= 0.6 is 11.8 Å². The van der Waals surface area contributed by atoms with Crippen LogP contribution in [-0.2, 0) is 21.8 Å². The van der Waals surface area contributed by atoms with E-state index in [1.54, 1.807) is 24.3 Å². The molecular formula is C32H39N9O2S. The van der Waals surface area contributed by atoms with Crippen LogP contribution in [-0.4, -0.2) is 93.8 Å². The Morgan fingerprint density at radius 1 is 0.932 bits per heavy atom. The van der Waals surface area contributed by atoms with Crippen molar-refractivity contribution in [2.45, 2.75) is 43.5 Å². The van der Waals surface area contributed by atoms with Gasteiger partial charge in [-0.05, 0) is 56.6 Å². The Kier molecular flexibility index (Phi) is 10.8. The molecule has 2 fully saturated rings. The maximum atomic E-state index is 12.9. The second-order valence-corrected chi connectivity index (χ2v) is 12.1. The molecule has 2 amide bonds. The van der Waals surface area contributed by atoms with Gasteiger partial charge in [0.2, 0.25) is 11.8 Å². The number of likely N-dealkylation sites (tertiary alicyclic amines) is 1. The third-order valence-electron chi connectivity index (χ3n) is 7.97. The van der Waals surface area contributed by atoms with E-state index >= 15 is 0 Å². The Balaban J connectivity index is 1.13. The molecule has 2 aliphatic rings. The summed E-state index contributed by atoms with van der Waals surface area (Å²) in [5, 5.41) is 12.9. The SMILES string of the molecule is CC(=O)Nc1ccc(-c2nc(SCc3cccc(CCC(=O)N4CCN(CCN5CCCC5)CC4)n3)nc(N)c2C#N)cc1. The summed E-state index contributed by atoms with van der Waals surface area (Å²) in [6, 6.07) is 15.0. The lowest BCUT2D eigenvalue weighted by Gasteiger charge is -2.35. The van der Waals surface area contributed by atoms with Gasteiger partial charge in [0.25, 0.3) is 0 Å². The first-order valence-corrected chi connectivity index (χ1v) is 16.1. The predicted molar refractivity (Wildman–Crippen MR) is 172 cm³/mol. The van der Waals surface area contributed by atoms with Gasteiger partial charge in [-0.1, -0.05) is 30.0 Å². The van der Waals surface area contributed by atoms with E-state index in [-0.39, 0.29) is 23.2 Å². The van der Waals surface area contributed by atoms with E-state index in [9.17, 15) is 14.9 Å². The zero-order valence-corrected chi connectivity index (χ0v) is 26.0. The van der Waals surface area contributed by atoms with Crippen LogP contribution in [0.3, 0.4) is 0 Å². The van der Waals surface area contributed by atoms with E-state index in [0.29, 0.717) is 40.7 Å². The second kappa shape index (κ2) is 15.1. The number of benzene rings is 1. The number of piperazine rings is 1. The Hall–Kier alpha value is -4.05. The first kappa shape index (κ1) is 31.4. The van der Waals surface area contributed by atoms with Crippen LogP contribution in [0.1, 0.15) is 43.1 Å². The van der Waals surface area contributed by atoms with Crippen LogP contribution in [0.2, 0.25) is 0 Å². The Labute approximate surface area is 262 Å². The van der Waals surface area contributed by atoms with E-state index in [4.69, 9.17) is 10.7 Å². The third kappa shape index (κ3) is 8.53. The van der Waals surface area contributed by atoms with Crippen molar-refractivity contribution in [1.29, 1.82) is 5.26 Å². The molecule has 44 heavy (non-hydrogen) atoms. The number of amides is 2. The number of rotatable bonds is 11. The van der Waals surface area contributed by atoms with E-state index in [2.05, 4.69) is 31.2 Å². The molecule has 3 N–H and O–H groups in total. The van der Waals surface area contributed by atoms with Gasteiger partial charge in [0, 0.05) is 75.3 Å². The predicted octanol–water partition coefficient (Wildman–Crippen LogP) is 3.42. The number of hydrogen-bond donors (Lipinski definition) is 2. The molecule has 0 atom stereocenters. The summed E-state index contributed by atoms with van der Waals surface area (Å²) in [5.41, 5.74) is 9.84. The minimum Gasteiger partial charge on any atom is -0.382 e. The fourth-order valence-corrected chi connectivity index (χ4v) is 6.30. The van der Waals surface area contributed by atoms with Gasteiger partial charge in [-0.3, -0.25) is 19.5 Å². The molecule has 230 valence electrons. The summed E-state index contributed by atoms with van der Waals surface area (Å²) in [6.45, 7) is 9.58. The number of aromatic nitrogens is 3. The largest absolute Gasteiger partial charge is 0.382 e. The normalized spacial score (nSPS) is 15.7. The number of nitriles is 1. The van der Waals surface area contributed by atoms with Crippen molar-refractivity contribution in [3.63, 3.8) is 0 Å². The van der Waals surface area contributed by atoms with Crippen molar-refractivity contribution < 1.29 is 9.59 Å². The van der Waals surface area contributed by atoms with Crippen LogP contribution in [0.5, 0.6) is 0 Å². The highest BCUT2D eigenvalue weighted by Crippen LogP contribution is 2.29. The first-order chi connectivity index (χ1) is 21.4. The van der Waals surface area contributed by atoms with Crippen molar-refractivity contribution in [3.8, 4) is 17.3 Å². The van der Waals surface area contributed by atoms with E-state index in [1.807, 2.05) is 23.1 Å². The highest BCUT2D eigenvalue weighted by Gasteiger charge is 2.22. The molecular weight excluding hydrogens is 574 g/mol. The van der Waals surface area contributed by atoms with Gasteiger partial charge in [-0.25, -0.2) is 9.97 Å². The lowest BCUT2D eigenvalue weighted by molar-refractivity contribution is -0.133. The monoisotopic (exact) mass is 613 g/mol. The smallest absolute Gasteiger partial charge is 0.223 e. The summed E-state index contributed by atoms with van der Waals surface area (Å²) < 4.78 is 0. The summed E-state index contributed by atoms with van der Waals surface area (Å²) >= 11 is 1.38. The standard InChI is InChI=1S/C32H39N9O2S/c1-23(42)35-26-9-7-24(8-10-26)30-28(21-33)31(34)38-32(37-30)44-22-27-6-4-5-25(36-27)11-12-29(43)41-19-17-40(18-20-41)16-15-39-13-2-3-14-39/h4-10H,2-3,11-20,22H2,1H3,(H,35,42)(H2,34,37,38). The first-order valence-electron chi connectivity index (χ1n) is 15.1. The number of carbonyl (C=O) groups excluding carboxylic acids is 2. The summed E-state index contributed by atoms with van der Waals surface area (Å²) in [7, 11) is 0. The molecule has 0 spiro atoms. The number of aryl methyl sites for hydroxylation is 1. The minimum atomic E-state index is -0.165. The van der Waals surface area contributed by atoms with Crippen molar-refractivity contribution in [1.82, 2.24) is 29.7 Å². The molecule has 11 nitrogen and oxygen atoms in total. The molecule has 3 aromatic rings. The summed E-state index contributed by atoms with van der Waals surface area (Å²) in [4.78, 5) is 45.0. The highest BCUT2D eigenvalue weighted by molar-refractivity contribution is 7.98. The number of anilines is 2. The molecule has 5 rings (SSSR count). The van der Waals surface area contributed by atoms with Crippen molar-refractivity contribution in [2.75, 3.05) is 63.4 Å². The van der Waals surface area contributed by atoms with Gasteiger partial charge >= 0.3 is 0 Å². The van der Waals surface area contributed by atoms with Crippen LogP contribution in [0, 0.1) is 11.3 Å². The maximum Gasteiger partial charge on any atom is 0.223 e. The highest BCUT2D eigenvalue weighted by atomic mass is 32.2. The average molecular weight is 614 g/mol. The fourth-order valence-electron chi connectivity index (χ4n) is 5.55. The Bertz CT molecular complexity index is 1490. The van der Waals surface area contributed by atoms with Gasteiger partial charge in [-0.15, -0.1) is 0 Å². The van der Waals surface area contributed by atoms with Crippen LogP contribution < -0.4 is 11.1 Å². The molecule has 2 aromatic heterocycles. The molecule has 0 saturated carbocycles. The van der Waals surface area contributed by atoms with Gasteiger partial charge < -0.3 is 20.9 Å². The average Bonchev–Trinajstić information content (AvgIpc) is 3.56. The van der Waals surface area contributed by atoms with Crippen molar-refractivity contribution in [3.05, 3.63) is 59.4 Å². The van der Waals surface area contributed by atoms with Crippen LogP contribution in [0.4, 0.5) is 11.5 Å². The molecule has 0 unspecified atom stereocenters. The zero-order valence-electron chi connectivity index (χ0n) is 25.2. The number of nitrogens with one attached hydrogen (secondary N) is 1. The number of nitrogens with zero attached hydrogens (tertiary/aromatic N) is 7. The number of nitrogen functional groups attached to an aromatic ring is 1. The zero-order chi connectivity index (χ0) is 30.9. The lowest BCUT2D eigenvalue weighted by atomic mass is 10.1. The third-order valence-corrected chi connectivity index (χ3v) is 8.85. The quantitative estimate of drug-likeness (QED) is 0.244. The Morgan fingerprint density at radius 3 is 2.30 bits per heavy atom. The molecule has 0 aliphatic carbocycles. The molecule has 0 radical (unpaired) electrons. The number of thioether (sulfide) groups is 1. The topological polar surface area (TPSA) is 144 Å². The summed E-state index contributed by atoms with van der Waals surface area (Å²) in [5.74, 6) is 0.637. The molecule has 12 heteroatoms. The summed E-state index contributed by atoms with van der Waals surface area (Å²) in [6.07, 6.45) is 3.67. The number of pyridine rings is 1. The molecule has 0 bridgehead atoms. The lowest BCUT2D eigenvalue weighted by Crippen LogP contribution is -2.50.